The Labute approximate surface area is 123 Å². The molecule has 0 bridgehead atoms. The van der Waals surface area contributed by atoms with Gasteiger partial charge in [0, 0.05) is 19.7 Å². The third kappa shape index (κ3) is 4.73. The van der Waals surface area contributed by atoms with Crippen molar-refractivity contribution in [1.29, 1.82) is 5.26 Å². The van der Waals surface area contributed by atoms with Gasteiger partial charge >= 0.3 is 0 Å². The number of hydrogen-bond donors (Lipinski definition) is 1. The zero-order valence-electron chi connectivity index (χ0n) is 13.6. The molecule has 0 aromatic carbocycles. The number of aliphatic hydroxyl groups is 1. The summed E-state index contributed by atoms with van der Waals surface area (Å²) < 4.78 is 4.98. The first-order valence-electron chi connectivity index (χ1n) is 7.56. The molecule has 1 aliphatic rings. The van der Waals surface area contributed by atoms with Crippen LogP contribution in [0.3, 0.4) is 0 Å². The minimum absolute atomic E-state index is 0.0772. The van der Waals surface area contributed by atoms with Gasteiger partial charge in [-0.1, -0.05) is 20.8 Å². The number of nitrogens with zero attached hydrogens (tertiary/aromatic N) is 2. The minimum Gasteiger partial charge on any atom is -0.389 e. The largest absolute Gasteiger partial charge is 0.389 e. The normalized spacial score (nSPS) is 29.2. The van der Waals surface area contributed by atoms with Crippen molar-refractivity contribution in [3.8, 4) is 6.07 Å². The maximum atomic E-state index is 9.89. The van der Waals surface area contributed by atoms with Gasteiger partial charge in [-0.05, 0) is 37.6 Å². The van der Waals surface area contributed by atoms with Crippen LogP contribution < -0.4 is 0 Å². The second kappa shape index (κ2) is 7.40. The molecule has 4 nitrogen and oxygen atoms in total. The summed E-state index contributed by atoms with van der Waals surface area (Å²) in [5, 5.41) is 19.3. The molecule has 116 valence electrons. The molecule has 1 aliphatic carbocycles. The number of ether oxygens (including phenoxy) is 1. The zero-order chi connectivity index (χ0) is 15.3. The molecule has 1 N–H and O–H groups in total. The molecular weight excluding hydrogens is 252 g/mol. The second-order valence-corrected chi connectivity index (χ2v) is 7.23. The van der Waals surface area contributed by atoms with Crippen LogP contribution in [0.5, 0.6) is 0 Å². The van der Waals surface area contributed by atoms with Gasteiger partial charge in [0.05, 0.1) is 24.7 Å². The van der Waals surface area contributed by atoms with E-state index in [4.69, 9.17) is 4.74 Å². The van der Waals surface area contributed by atoms with E-state index in [0.717, 1.165) is 19.3 Å². The van der Waals surface area contributed by atoms with Gasteiger partial charge in [-0.2, -0.15) is 5.26 Å². The first-order chi connectivity index (χ1) is 9.29. The van der Waals surface area contributed by atoms with Crippen LogP contribution in [0, 0.1) is 28.6 Å². The Morgan fingerprint density at radius 1 is 1.40 bits per heavy atom. The highest BCUT2D eigenvalue weighted by atomic mass is 16.5. The quantitative estimate of drug-likeness (QED) is 0.840. The summed E-state index contributed by atoms with van der Waals surface area (Å²) in [7, 11) is 3.61. The Bertz CT molecular complexity index is 332. The molecule has 0 radical (unpaired) electrons. The van der Waals surface area contributed by atoms with Crippen LogP contribution >= 0.6 is 0 Å². The Balaban J connectivity index is 2.69. The van der Waals surface area contributed by atoms with Gasteiger partial charge in [-0.3, -0.25) is 4.90 Å². The van der Waals surface area contributed by atoms with Crippen molar-refractivity contribution in [3.05, 3.63) is 0 Å². The van der Waals surface area contributed by atoms with Crippen LogP contribution in [-0.2, 0) is 4.74 Å². The lowest BCUT2D eigenvalue weighted by atomic mass is 9.68. The summed E-state index contributed by atoms with van der Waals surface area (Å²) in [6.07, 6.45) is 2.65. The van der Waals surface area contributed by atoms with Crippen molar-refractivity contribution in [2.24, 2.45) is 17.3 Å². The molecular formula is C16H30N2O2. The molecule has 0 aromatic heterocycles. The van der Waals surface area contributed by atoms with Gasteiger partial charge in [0.25, 0.3) is 0 Å². The Kier molecular flexibility index (Phi) is 6.44. The number of methoxy groups -OCH3 is 1. The van der Waals surface area contributed by atoms with E-state index >= 15 is 0 Å². The van der Waals surface area contributed by atoms with Gasteiger partial charge in [0.2, 0.25) is 0 Å². The zero-order valence-corrected chi connectivity index (χ0v) is 13.6. The van der Waals surface area contributed by atoms with E-state index in [1.807, 2.05) is 7.05 Å². The minimum atomic E-state index is -0.487. The molecule has 1 rings (SSSR count). The van der Waals surface area contributed by atoms with Gasteiger partial charge in [-0.25, -0.2) is 0 Å². The molecule has 0 amide bonds. The Morgan fingerprint density at radius 3 is 2.55 bits per heavy atom. The fraction of sp³-hybridized carbons (Fsp3) is 0.938. The third-order valence-electron chi connectivity index (χ3n) is 4.63. The standard InChI is InChI=1S/C16H30N2O2/c1-16(2,3)13-7-6-12(9-17)15(8-13)18(4)10-14(19)11-20-5/h12-15,19H,6-8,10-11H2,1-5H3. The first kappa shape index (κ1) is 17.4. The molecule has 4 atom stereocenters. The summed E-state index contributed by atoms with van der Waals surface area (Å²) in [6.45, 7) is 7.74. The van der Waals surface area contributed by atoms with Crippen LogP contribution in [-0.4, -0.2) is 49.5 Å². The molecule has 0 heterocycles. The van der Waals surface area contributed by atoms with Crippen molar-refractivity contribution in [1.82, 2.24) is 4.90 Å². The number of rotatable bonds is 5. The van der Waals surface area contributed by atoms with E-state index in [9.17, 15) is 10.4 Å². The molecule has 0 aliphatic heterocycles. The Morgan fingerprint density at radius 2 is 2.05 bits per heavy atom. The van der Waals surface area contributed by atoms with Gasteiger partial charge in [-0.15, -0.1) is 0 Å². The first-order valence-corrected chi connectivity index (χ1v) is 7.56. The molecule has 4 unspecified atom stereocenters. The lowest BCUT2D eigenvalue weighted by molar-refractivity contribution is 0.0117. The van der Waals surface area contributed by atoms with E-state index in [-0.39, 0.29) is 17.4 Å². The molecule has 4 heteroatoms. The van der Waals surface area contributed by atoms with E-state index in [1.54, 1.807) is 7.11 Å². The highest BCUT2D eigenvalue weighted by molar-refractivity contribution is 4.99. The lowest BCUT2D eigenvalue weighted by Crippen LogP contribution is -2.47. The van der Waals surface area contributed by atoms with E-state index in [2.05, 4.69) is 31.7 Å². The van der Waals surface area contributed by atoms with E-state index < -0.39 is 6.10 Å². The SMILES string of the molecule is COCC(O)CN(C)C1CC(C(C)(C)C)CCC1C#N. The summed E-state index contributed by atoms with van der Waals surface area (Å²) in [4.78, 5) is 2.15. The van der Waals surface area contributed by atoms with Gasteiger partial charge in [0.15, 0.2) is 0 Å². The Hall–Kier alpha value is -0.630. The smallest absolute Gasteiger partial charge is 0.0900 e. The van der Waals surface area contributed by atoms with Crippen LogP contribution in [0.2, 0.25) is 0 Å². The van der Waals surface area contributed by atoms with E-state index in [0.29, 0.717) is 19.1 Å². The third-order valence-corrected chi connectivity index (χ3v) is 4.63. The van der Waals surface area contributed by atoms with Crippen molar-refractivity contribution in [2.75, 3.05) is 27.3 Å². The highest BCUT2D eigenvalue weighted by Gasteiger charge is 2.38. The number of likely N-dealkylation sites (N-methyl/N-ethyl adjacent to an activating group) is 1. The average Bonchev–Trinajstić information content (AvgIpc) is 2.37. The summed E-state index contributed by atoms with van der Waals surface area (Å²) in [6, 6.07) is 2.70. The predicted molar refractivity (Wildman–Crippen MR) is 80.2 cm³/mol. The van der Waals surface area contributed by atoms with E-state index in [1.165, 1.54) is 0 Å². The van der Waals surface area contributed by atoms with Crippen molar-refractivity contribution < 1.29 is 9.84 Å². The van der Waals surface area contributed by atoms with Gasteiger partial charge in [0.1, 0.15) is 0 Å². The summed E-state index contributed by atoms with van der Waals surface area (Å²) in [5.74, 6) is 0.715. The predicted octanol–water partition coefficient (Wildman–Crippen LogP) is 2.28. The fourth-order valence-corrected chi connectivity index (χ4v) is 3.28. The molecule has 0 saturated heterocycles. The summed E-state index contributed by atoms with van der Waals surface area (Å²) in [5.41, 5.74) is 0.282. The number of hydrogen-bond acceptors (Lipinski definition) is 4. The summed E-state index contributed by atoms with van der Waals surface area (Å²) >= 11 is 0. The fourth-order valence-electron chi connectivity index (χ4n) is 3.28. The number of aliphatic hydroxyl groups excluding tert-OH is 1. The van der Waals surface area contributed by atoms with Crippen LogP contribution in [0.1, 0.15) is 40.0 Å². The second-order valence-electron chi connectivity index (χ2n) is 7.23. The van der Waals surface area contributed by atoms with Crippen molar-refractivity contribution in [3.63, 3.8) is 0 Å². The lowest BCUT2D eigenvalue weighted by Gasteiger charge is -2.43. The highest BCUT2D eigenvalue weighted by Crippen LogP contribution is 2.41. The van der Waals surface area contributed by atoms with Crippen molar-refractivity contribution >= 4 is 0 Å². The topological polar surface area (TPSA) is 56.5 Å². The van der Waals surface area contributed by atoms with Crippen LogP contribution in [0.15, 0.2) is 0 Å². The monoisotopic (exact) mass is 282 g/mol. The molecule has 1 saturated carbocycles. The average molecular weight is 282 g/mol. The molecule has 0 spiro atoms. The maximum Gasteiger partial charge on any atom is 0.0900 e. The van der Waals surface area contributed by atoms with Crippen molar-refractivity contribution in [2.45, 2.75) is 52.2 Å². The van der Waals surface area contributed by atoms with Crippen LogP contribution in [0.4, 0.5) is 0 Å². The molecule has 20 heavy (non-hydrogen) atoms. The molecule has 1 fully saturated rings. The number of nitriles is 1. The molecule has 0 aromatic rings. The van der Waals surface area contributed by atoms with Crippen LogP contribution in [0.25, 0.3) is 0 Å². The maximum absolute atomic E-state index is 9.89. The van der Waals surface area contributed by atoms with Gasteiger partial charge < -0.3 is 9.84 Å².